The number of carbonyl (C=O) groups excluding carboxylic acids is 2. The Morgan fingerprint density at radius 1 is 1.08 bits per heavy atom. The number of anilines is 1. The molecule has 1 aliphatic carbocycles. The molecule has 1 aliphatic rings. The SMILES string of the molecule is NC1(C(=O)NCc2ccc(NC(=O)c3ccco3)cc2)CCCCC1. The molecule has 1 aromatic heterocycles. The number of hydrogen-bond donors (Lipinski definition) is 3. The fourth-order valence-corrected chi connectivity index (χ4v) is 3.07. The monoisotopic (exact) mass is 341 g/mol. The van der Waals surface area contributed by atoms with E-state index in [0.29, 0.717) is 12.2 Å². The van der Waals surface area contributed by atoms with Gasteiger partial charge in [-0.1, -0.05) is 31.4 Å². The van der Waals surface area contributed by atoms with Crippen LogP contribution in [-0.2, 0) is 11.3 Å². The van der Waals surface area contributed by atoms with Crippen LogP contribution in [0.5, 0.6) is 0 Å². The maximum absolute atomic E-state index is 12.3. The van der Waals surface area contributed by atoms with Gasteiger partial charge in [-0.3, -0.25) is 9.59 Å². The molecule has 0 spiro atoms. The molecule has 4 N–H and O–H groups in total. The molecule has 1 fully saturated rings. The zero-order valence-electron chi connectivity index (χ0n) is 14.1. The highest BCUT2D eigenvalue weighted by molar-refractivity contribution is 6.02. The molecule has 1 saturated carbocycles. The molecule has 132 valence electrons. The fraction of sp³-hybridized carbons (Fsp3) is 0.368. The summed E-state index contributed by atoms with van der Waals surface area (Å²) >= 11 is 0. The van der Waals surface area contributed by atoms with Crippen LogP contribution in [0.3, 0.4) is 0 Å². The minimum absolute atomic E-state index is 0.0811. The number of amides is 2. The van der Waals surface area contributed by atoms with Gasteiger partial charge in [0, 0.05) is 12.2 Å². The number of rotatable bonds is 5. The first-order valence-corrected chi connectivity index (χ1v) is 8.58. The quantitative estimate of drug-likeness (QED) is 0.779. The van der Waals surface area contributed by atoms with Gasteiger partial charge in [0.25, 0.3) is 5.91 Å². The van der Waals surface area contributed by atoms with Crippen molar-refractivity contribution in [1.29, 1.82) is 0 Å². The van der Waals surface area contributed by atoms with E-state index in [1.54, 1.807) is 24.3 Å². The Labute approximate surface area is 146 Å². The van der Waals surface area contributed by atoms with Gasteiger partial charge in [0.1, 0.15) is 0 Å². The first-order valence-electron chi connectivity index (χ1n) is 8.58. The van der Waals surface area contributed by atoms with Crippen molar-refractivity contribution in [3.63, 3.8) is 0 Å². The largest absolute Gasteiger partial charge is 0.459 e. The summed E-state index contributed by atoms with van der Waals surface area (Å²) in [5.41, 5.74) is 7.11. The standard InChI is InChI=1S/C19H23N3O3/c20-19(10-2-1-3-11-19)18(24)21-13-14-6-8-15(9-7-14)22-17(23)16-5-4-12-25-16/h4-9,12H,1-3,10-11,13,20H2,(H,21,24)(H,22,23). The maximum Gasteiger partial charge on any atom is 0.291 e. The van der Waals surface area contributed by atoms with Crippen molar-refractivity contribution in [2.45, 2.75) is 44.2 Å². The summed E-state index contributed by atoms with van der Waals surface area (Å²) < 4.78 is 5.05. The summed E-state index contributed by atoms with van der Waals surface area (Å²) in [6, 6.07) is 10.6. The molecule has 1 aromatic carbocycles. The Morgan fingerprint density at radius 3 is 2.44 bits per heavy atom. The van der Waals surface area contributed by atoms with Crippen molar-refractivity contribution in [2.75, 3.05) is 5.32 Å². The van der Waals surface area contributed by atoms with Crippen LogP contribution in [0, 0.1) is 0 Å². The Bertz CT molecular complexity index is 717. The predicted molar refractivity (Wildman–Crippen MR) is 95.0 cm³/mol. The van der Waals surface area contributed by atoms with Gasteiger partial charge in [-0.15, -0.1) is 0 Å². The Hall–Kier alpha value is -2.60. The average Bonchev–Trinajstić information content (AvgIpc) is 3.16. The molecule has 0 aliphatic heterocycles. The molecular weight excluding hydrogens is 318 g/mol. The van der Waals surface area contributed by atoms with Crippen LogP contribution in [0.25, 0.3) is 0 Å². The summed E-state index contributed by atoms with van der Waals surface area (Å²) in [6.07, 6.45) is 6.11. The van der Waals surface area contributed by atoms with Crippen LogP contribution in [-0.4, -0.2) is 17.4 Å². The average molecular weight is 341 g/mol. The molecule has 25 heavy (non-hydrogen) atoms. The molecule has 1 heterocycles. The van der Waals surface area contributed by atoms with E-state index < -0.39 is 5.54 Å². The Kier molecular flexibility index (Phi) is 5.19. The second-order valence-corrected chi connectivity index (χ2v) is 6.53. The molecule has 0 bridgehead atoms. The highest BCUT2D eigenvalue weighted by Crippen LogP contribution is 2.26. The summed E-state index contributed by atoms with van der Waals surface area (Å²) in [5, 5.41) is 5.68. The van der Waals surface area contributed by atoms with E-state index in [1.165, 1.54) is 6.26 Å². The van der Waals surface area contributed by atoms with Gasteiger partial charge in [0.05, 0.1) is 11.8 Å². The lowest BCUT2D eigenvalue weighted by Gasteiger charge is -2.31. The first kappa shape index (κ1) is 17.2. The number of nitrogens with one attached hydrogen (secondary N) is 2. The first-order chi connectivity index (χ1) is 12.1. The van der Waals surface area contributed by atoms with E-state index in [1.807, 2.05) is 12.1 Å². The van der Waals surface area contributed by atoms with Gasteiger partial charge < -0.3 is 20.8 Å². The normalized spacial score (nSPS) is 16.2. The van der Waals surface area contributed by atoms with Crippen molar-refractivity contribution in [2.24, 2.45) is 5.73 Å². The third-order valence-electron chi connectivity index (χ3n) is 4.61. The lowest BCUT2D eigenvalue weighted by molar-refractivity contribution is -0.127. The summed E-state index contributed by atoms with van der Waals surface area (Å²) in [7, 11) is 0. The van der Waals surface area contributed by atoms with E-state index in [-0.39, 0.29) is 17.6 Å². The molecule has 0 unspecified atom stereocenters. The number of carbonyl (C=O) groups is 2. The third-order valence-corrected chi connectivity index (χ3v) is 4.61. The summed E-state index contributed by atoms with van der Waals surface area (Å²) in [5.74, 6) is -0.118. The third kappa shape index (κ3) is 4.28. The molecular formula is C19H23N3O3. The van der Waals surface area contributed by atoms with Crippen molar-refractivity contribution < 1.29 is 14.0 Å². The molecule has 2 aromatic rings. The second-order valence-electron chi connectivity index (χ2n) is 6.53. The topological polar surface area (TPSA) is 97.4 Å². The van der Waals surface area contributed by atoms with Crippen molar-refractivity contribution in [3.8, 4) is 0 Å². The van der Waals surface area contributed by atoms with Gasteiger partial charge >= 0.3 is 0 Å². The number of benzene rings is 1. The van der Waals surface area contributed by atoms with E-state index in [4.69, 9.17) is 10.2 Å². The molecule has 0 saturated heterocycles. The van der Waals surface area contributed by atoms with Gasteiger partial charge in [-0.2, -0.15) is 0 Å². The zero-order valence-corrected chi connectivity index (χ0v) is 14.1. The van der Waals surface area contributed by atoms with Crippen LogP contribution in [0.4, 0.5) is 5.69 Å². The predicted octanol–water partition coefficient (Wildman–Crippen LogP) is 2.81. The lowest BCUT2D eigenvalue weighted by atomic mass is 9.82. The van der Waals surface area contributed by atoms with Crippen LogP contribution in [0.15, 0.2) is 47.1 Å². The van der Waals surface area contributed by atoms with Crippen LogP contribution < -0.4 is 16.4 Å². The molecule has 2 amide bonds. The lowest BCUT2D eigenvalue weighted by Crippen LogP contribution is -2.54. The molecule has 3 rings (SSSR count). The van der Waals surface area contributed by atoms with Crippen LogP contribution in [0.1, 0.15) is 48.2 Å². The van der Waals surface area contributed by atoms with Gasteiger partial charge in [0.15, 0.2) is 5.76 Å². The second kappa shape index (κ2) is 7.53. The minimum atomic E-state index is -0.727. The van der Waals surface area contributed by atoms with E-state index in [2.05, 4.69) is 10.6 Å². The van der Waals surface area contributed by atoms with Gasteiger partial charge in [0.2, 0.25) is 5.91 Å². The Morgan fingerprint density at radius 2 is 1.80 bits per heavy atom. The van der Waals surface area contributed by atoms with Gasteiger partial charge in [-0.05, 0) is 42.7 Å². The van der Waals surface area contributed by atoms with E-state index in [0.717, 1.165) is 37.7 Å². The fourth-order valence-electron chi connectivity index (χ4n) is 3.07. The van der Waals surface area contributed by atoms with Crippen LogP contribution in [0.2, 0.25) is 0 Å². The van der Waals surface area contributed by atoms with Gasteiger partial charge in [-0.25, -0.2) is 0 Å². The van der Waals surface area contributed by atoms with E-state index in [9.17, 15) is 9.59 Å². The molecule has 0 radical (unpaired) electrons. The number of furan rings is 1. The number of nitrogens with two attached hydrogens (primary N) is 1. The van der Waals surface area contributed by atoms with Crippen molar-refractivity contribution in [3.05, 3.63) is 54.0 Å². The van der Waals surface area contributed by atoms with E-state index >= 15 is 0 Å². The summed E-state index contributed by atoms with van der Waals surface area (Å²) in [4.78, 5) is 24.2. The minimum Gasteiger partial charge on any atom is -0.459 e. The molecule has 6 nitrogen and oxygen atoms in total. The summed E-state index contributed by atoms with van der Waals surface area (Å²) in [6.45, 7) is 0.421. The highest BCUT2D eigenvalue weighted by atomic mass is 16.3. The smallest absolute Gasteiger partial charge is 0.291 e. The van der Waals surface area contributed by atoms with Crippen molar-refractivity contribution >= 4 is 17.5 Å². The molecule has 0 atom stereocenters. The van der Waals surface area contributed by atoms with Crippen molar-refractivity contribution in [1.82, 2.24) is 5.32 Å². The zero-order chi connectivity index (χ0) is 17.7. The maximum atomic E-state index is 12.3. The number of hydrogen-bond acceptors (Lipinski definition) is 4. The molecule has 6 heteroatoms. The van der Waals surface area contributed by atoms with Crippen LogP contribution >= 0.6 is 0 Å². The highest BCUT2D eigenvalue weighted by Gasteiger charge is 2.34. The Balaban J connectivity index is 1.52.